The standard InChI is InChI=1S/C11H12S/c1-2-5-9-8-12-11-7-4-3-6-10(9)11/h3-7H,2,8H2,1H3. The molecule has 62 valence electrons. The zero-order valence-electron chi connectivity index (χ0n) is 7.21. The van der Waals surface area contributed by atoms with Crippen molar-refractivity contribution in [3.8, 4) is 0 Å². The van der Waals surface area contributed by atoms with Crippen molar-refractivity contribution in [3.05, 3.63) is 35.9 Å². The van der Waals surface area contributed by atoms with E-state index in [2.05, 4.69) is 37.3 Å². The van der Waals surface area contributed by atoms with Crippen molar-refractivity contribution < 1.29 is 0 Å². The van der Waals surface area contributed by atoms with Crippen LogP contribution in [0.2, 0.25) is 0 Å². The molecule has 0 atom stereocenters. The van der Waals surface area contributed by atoms with E-state index in [1.165, 1.54) is 16.0 Å². The lowest BCUT2D eigenvalue weighted by Gasteiger charge is -1.97. The Kier molecular flexibility index (Phi) is 2.22. The monoisotopic (exact) mass is 176 g/mol. The topological polar surface area (TPSA) is 0 Å². The third kappa shape index (κ3) is 1.29. The predicted octanol–water partition coefficient (Wildman–Crippen LogP) is 3.59. The van der Waals surface area contributed by atoms with Crippen LogP contribution in [-0.2, 0) is 0 Å². The molecule has 0 aliphatic carbocycles. The molecule has 1 heterocycles. The largest absolute Gasteiger partial charge is 0.121 e. The number of fused-ring (bicyclic) bond motifs is 1. The van der Waals surface area contributed by atoms with Gasteiger partial charge in [0, 0.05) is 10.6 Å². The lowest BCUT2D eigenvalue weighted by Crippen LogP contribution is -1.79. The molecule has 0 saturated heterocycles. The summed E-state index contributed by atoms with van der Waals surface area (Å²) in [5, 5.41) is 0. The Balaban J connectivity index is 2.43. The fourth-order valence-electron chi connectivity index (χ4n) is 1.51. The first kappa shape index (κ1) is 7.93. The second-order valence-electron chi connectivity index (χ2n) is 2.92. The van der Waals surface area contributed by atoms with E-state index in [9.17, 15) is 0 Å². The van der Waals surface area contributed by atoms with Gasteiger partial charge in [-0.25, -0.2) is 0 Å². The van der Waals surface area contributed by atoms with Gasteiger partial charge in [-0.05, 0) is 23.6 Å². The summed E-state index contributed by atoms with van der Waals surface area (Å²) in [6.07, 6.45) is 3.48. The van der Waals surface area contributed by atoms with Crippen molar-refractivity contribution in [1.29, 1.82) is 0 Å². The fourth-order valence-corrected chi connectivity index (χ4v) is 2.62. The summed E-state index contributed by atoms with van der Waals surface area (Å²) < 4.78 is 0. The molecule has 1 aliphatic heterocycles. The van der Waals surface area contributed by atoms with Crippen LogP contribution in [0.15, 0.2) is 35.2 Å². The average Bonchev–Trinajstić information content (AvgIpc) is 2.50. The van der Waals surface area contributed by atoms with Gasteiger partial charge in [0.2, 0.25) is 0 Å². The molecule has 0 nitrogen and oxygen atoms in total. The summed E-state index contributed by atoms with van der Waals surface area (Å²) in [6.45, 7) is 2.19. The molecule has 0 fully saturated rings. The smallest absolute Gasteiger partial charge is 0.0235 e. The minimum Gasteiger partial charge on any atom is -0.121 e. The summed E-state index contributed by atoms with van der Waals surface area (Å²) >= 11 is 1.95. The highest BCUT2D eigenvalue weighted by Crippen LogP contribution is 2.38. The maximum atomic E-state index is 2.33. The fraction of sp³-hybridized carbons (Fsp3) is 0.273. The molecule has 1 aromatic rings. The van der Waals surface area contributed by atoms with E-state index in [0.29, 0.717) is 0 Å². The van der Waals surface area contributed by atoms with E-state index >= 15 is 0 Å². The zero-order valence-corrected chi connectivity index (χ0v) is 8.03. The van der Waals surface area contributed by atoms with Crippen LogP contribution in [0.25, 0.3) is 5.57 Å². The lowest BCUT2D eigenvalue weighted by atomic mass is 10.1. The average molecular weight is 176 g/mol. The van der Waals surface area contributed by atoms with Crippen molar-refractivity contribution in [3.63, 3.8) is 0 Å². The van der Waals surface area contributed by atoms with Gasteiger partial charge in [-0.15, -0.1) is 11.8 Å². The van der Waals surface area contributed by atoms with Gasteiger partial charge in [0.25, 0.3) is 0 Å². The molecule has 0 spiro atoms. The van der Waals surface area contributed by atoms with Gasteiger partial charge >= 0.3 is 0 Å². The Labute approximate surface area is 77.7 Å². The predicted molar refractivity (Wildman–Crippen MR) is 55.4 cm³/mol. The Bertz CT molecular complexity index is 313. The third-order valence-corrected chi connectivity index (χ3v) is 3.19. The Hall–Kier alpha value is -0.690. The molecule has 0 N–H and O–H groups in total. The van der Waals surface area contributed by atoms with Crippen molar-refractivity contribution in [2.45, 2.75) is 18.2 Å². The van der Waals surface area contributed by atoms with Crippen LogP contribution in [-0.4, -0.2) is 5.75 Å². The summed E-state index contributed by atoms with van der Waals surface area (Å²) in [5.41, 5.74) is 2.96. The number of thioether (sulfide) groups is 1. The van der Waals surface area contributed by atoms with Gasteiger partial charge in [0.15, 0.2) is 0 Å². The second kappa shape index (κ2) is 3.36. The minimum absolute atomic E-state index is 1.14. The highest BCUT2D eigenvalue weighted by atomic mass is 32.2. The van der Waals surface area contributed by atoms with Crippen molar-refractivity contribution in [2.24, 2.45) is 0 Å². The first-order valence-electron chi connectivity index (χ1n) is 4.33. The first-order valence-corrected chi connectivity index (χ1v) is 5.31. The van der Waals surface area contributed by atoms with Gasteiger partial charge in [-0.3, -0.25) is 0 Å². The Morgan fingerprint density at radius 2 is 2.25 bits per heavy atom. The number of rotatable bonds is 1. The molecule has 0 unspecified atom stereocenters. The summed E-state index contributed by atoms with van der Waals surface area (Å²) in [6, 6.07) is 8.66. The normalized spacial score (nSPS) is 18.2. The highest BCUT2D eigenvalue weighted by Gasteiger charge is 2.14. The first-order chi connectivity index (χ1) is 5.92. The van der Waals surface area contributed by atoms with Crippen LogP contribution >= 0.6 is 11.8 Å². The zero-order chi connectivity index (χ0) is 8.39. The van der Waals surface area contributed by atoms with E-state index in [-0.39, 0.29) is 0 Å². The molecule has 12 heavy (non-hydrogen) atoms. The maximum absolute atomic E-state index is 2.33. The molecule has 2 rings (SSSR count). The Morgan fingerprint density at radius 1 is 1.42 bits per heavy atom. The Morgan fingerprint density at radius 3 is 3.08 bits per heavy atom. The number of hydrogen-bond donors (Lipinski definition) is 0. The van der Waals surface area contributed by atoms with Gasteiger partial charge < -0.3 is 0 Å². The van der Waals surface area contributed by atoms with Crippen molar-refractivity contribution in [1.82, 2.24) is 0 Å². The summed E-state index contributed by atoms with van der Waals surface area (Å²) in [5.74, 6) is 1.16. The molecule has 0 saturated carbocycles. The summed E-state index contributed by atoms with van der Waals surface area (Å²) in [7, 11) is 0. The molecule has 0 amide bonds. The van der Waals surface area contributed by atoms with Crippen molar-refractivity contribution in [2.75, 3.05) is 5.75 Å². The summed E-state index contributed by atoms with van der Waals surface area (Å²) in [4.78, 5) is 1.44. The maximum Gasteiger partial charge on any atom is 0.0235 e. The van der Waals surface area contributed by atoms with E-state index < -0.39 is 0 Å². The van der Waals surface area contributed by atoms with E-state index in [4.69, 9.17) is 0 Å². The van der Waals surface area contributed by atoms with Crippen LogP contribution in [0, 0.1) is 0 Å². The minimum atomic E-state index is 1.14. The lowest BCUT2D eigenvalue weighted by molar-refractivity contribution is 1.22. The molecule has 0 radical (unpaired) electrons. The third-order valence-electron chi connectivity index (χ3n) is 2.07. The number of allylic oxidation sites excluding steroid dienone is 1. The van der Waals surface area contributed by atoms with Crippen LogP contribution in [0.5, 0.6) is 0 Å². The van der Waals surface area contributed by atoms with Gasteiger partial charge in [0.1, 0.15) is 0 Å². The van der Waals surface area contributed by atoms with Crippen LogP contribution in [0.3, 0.4) is 0 Å². The van der Waals surface area contributed by atoms with Crippen LogP contribution in [0.1, 0.15) is 18.9 Å². The van der Waals surface area contributed by atoms with E-state index in [1.54, 1.807) is 0 Å². The molecule has 0 aromatic heterocycles. The molecule has 1 heteroatoms. The van der Waals surface area contributed by atoms with E-state index in [1.807, 2.05) is 11.8 Å². The molecule has 0 bridgehead atoms. The van der Waals surface area contributed by atoms with Crippen LogP contribution < -0.4 is 0 Å². The highest BCUT2D eigenvalue weighted by molar-refractivity contribution is 8.00. The van der Waals surface area contributed by atoms with Gasteiger partial charge in [0.05, 0.1) is 0 Å². The molecular formula is C11H12S. The van der Waals surface area contributed by atoms with E-state index in [0.717, 1.165) is 12.2 Å². The number of benzene rings is 1. The quantitative estimate of drug-likeness (QED) is 0.630. The molecule has 1 aromatic carbocycles. The molecule has 1 aliphatic rings. The van der Waals surface area contributed by atoms with Gasteiger partial charge in [-0.1, -0.05) is 31.2 Å². The SMILES string of the molecule is CCC=C1CSc2ccccc21. The second-order valence-corrected chi connectivity index (χ2v) is 3.94. The van der Waals surface area contributed by atoms with Crippen LogP contribution in [0.4, 0.5) is 0 Å². The molecular weight excluding hydrogens is 164 g/mol. The van der Waals surface area contributed by atoms with Crippen molar-refractivity contribution >= 4 is 17.3 Å². The van der Waals surface area contributed by atoms with Gasteiger partial charge in [-0.2, -0.15) is 0 Å². The number of hydrogen-bond acceptors (Lipinski definition) is 1.